The van der Waals surface area contributed by atoms with E-state index in [1.54, 1.807) is 0 Å². The SMILES string of the molecule is CC(C)c1cc2c(-c3ccc(C(C)(C)C)cc3)cccc2[cH-]1.C[Si]C.Cc1ccc(-c2cc(-c3ccc(C)cc3)c3cc(C)[cH-]c3c2)cc1.[Cl][Zr+2][Cl]. The van der Waals surface area contributed by atoms with Crippen LogP contribution in [-0.4, -0.2) is 9.52 Å². The fourth-order valence-electron chi connectivity index (χ4n) is 6.35. The molecule has 0 aliphatic rings. The Bertz CT molecular complexity index is 2140. The van der Waals surface area contributed by atoms with Gasteiger partial charge in [0.05, 0.1) is 0 Å². The molecule has 0 nitrogen and oxygen atoms in total. The van der Waals surface area contributed by atoms with Crippen LogP contribution >= 0.6 is 17.0 Å². The van der Waals surface area contributed by atoms with Crippen LogP contribution in [-0.2, 0) is 26.3 Å². The molecule has 0 N–H and O–H groups in total. The van der Waals surface area contributed by atoms with Crippen molar-refractivity contribution in [1.82, 2.24) is 0 Å². The van der Waals surface area contributed by atoms with Gasteiger partial charge in [0.1, 0.15) is 0 Å². The van der Waals surface area contributed by atoms with Crippen LogP contribution < -0.4 is 0 Å². The number of halogens is 2. The fraction of sp³-hybridized carbons (Fsp3) is 0.250. The summed E-state index contributed by atoms with van der Waals surface area (Å²) in [6.45, 7) is 22.0. The first kappa shape index (κ1) is 41.8. The quantitative estimate of drug-likeness (QED) is 0.123. The molecule has 0 spiro atoms. The molecule has 0 unspecified atom stereocenters. The molecule has 266 valence electrons. The molecule has 0 atom stereocenters. The number of hydrogen-bond acceptors (Lipinski definition) is 0. The molecular weight excluding hydrogens is 767 g/mol. The van der Waals surface area contributed by atoms with Gasteiger partial charge in [-0.2, -0.15) is 12.1 Å². The topological polar surface area (TPSA) is 0 Å². The van der Waals surface area contributed by atoms with Gasteiger partial charge in [0.25, 0.3) is 0 Å². The van der Waals surface area contributed by atoms with Gasteiger partial charge in [0.2, 0.25) is 0 Å². The summed E-state index contributed by atoms with van der Waals surface area (Å²) in [5.74, 6) is 0.573. The molecule has 0 aliphatic carbocycles. The summed E-state index contributed by atoms with van der Waals surface area (Å²) in [4.78, 5) is 0. The van der Waals surface area contributed by atoms with E-state index in [1.165, 1.54) is 82.7 Å². The first-order valence-corrected chi connectivity index (χ1v) is 26.3. The fourth-order valence-corrected chi connectivity index (χ4v) is 6.35. The molecule has 0 saturated heterocycles. The van der Waals surface area contributed by atoms with Gasteiger partial charge in [0, 0.05) is 9.52 Å². The Hall–Kier alpha value is -3.00. The van der Waals surface area contributed by atoms with Crippen molar-refractivity contribution in [3.8, 4) is 33.4 Å². The minimum atomic E-state index is -0.826. The van der Waals surface area contributed by atoms with Crippen molar-refractivity contribution in [2.24, 2.45) is 0 Å². The number of aryl methyl sites for hydroxylation is 3. The molecule has 7 rings (SSSR count). The molecule has 0 aliphatic heterocycles. The molecular formula is C48H52Cl2SiZr. The van der Waals surface area contributed by atoms with Gasteiger partial charge >= 0.3 is 37.9 Å². The Kier molecular flexibility index (Phi) is 15.5. The van der Waals surface area contributed by atoms with Crippen LogP contribution in [0.3, 0.4) is 0 Å². The van der Waals surface area contributed by atoms with Crippen molar-refractivity contribution < 1.29 is 20.8 Å². The van der Waals surface area contributed by atoms with Crippen LogP contribution in [0.25, 0.3) is 54.9 Å². The van der Waals surface area contributed by atoms with Crippen LogP contribution in [0, 0.1) is 20.8 Å². The zero-order valence-electron chi connectivity index (χ0n) is 32.5. The van der Waals surface area contributed by atoms with Gasteiger partial charge in [-0.3, -0.25) is 0 Å². The van der Waals surface area contributed by atoms with Gasteiger partial charge < -0.3 is 0 Å². The molecule has 0 fully saturated rings. The zero-order valence-corrected chi connectivity index (χ0v) is 37.4. The standard InChI is InChI=1S/C24H21.C22H25.C2H6Si.2ClH.Zr/c1-16-4-8-19(9-5-16)21-14-22-12-18(3)13-23(22)24(15-21)20-10-6-17(2)7-11-20;1-15(2)18-13-17-7-6-8-20(21(17)14-18)16-9-11-19(12-10-16)22(3,4)5;1-3-2;;;/h4-15H,1-3H3;6-15H,1-5H3;1-2H3;2*1H;/q2*-1;;;;+4/p-2. The summed E-state index contributed by atoms with van der Waals surface area (Å²) in [5, 5.41) is 5.38. The van der Waals surface area contributed by atoms with Crippen molar-refractivity contribution in [3.05, 3.63) is 155 Å². The van der Waals surface area contributed by atoms with E-state index in [2.05, 4.69) is 196 Å². The van der Waals surface area contributed by atoms with Crippen LogP contribution in [0.4, 0.5) is 0 Å². The average molecular weight is 819 g/mol. The van der Waals surface area contributed by atoms with Crippen LogP contribution in [0.2, 0.25) is 13.1 Å². The second-order valence-electron chi connectivity index (χ2n) is 14.9. The van der Waals surface area contributed by atoms with Crippen LogP contribution in [0.1, 0.15) is 68.4 Å². The van der Waals surface area contributed by atoms with E-state index in [-0.39, 0.29) is 5.41 Å². The van der Waals surface area contributed by atoms with E-state index >= 15 is 0 Å². The van der Waals surface area contributed by atoms with Crippen molar-refractivity contribution in [1.29, 1.82) is 0 Å². The zero-order chi connectivity index (χ0) is 38.0. The van der Waals surface area contributed by atoms with E-state index in [9.17, 15) is 0 Å². The summed E-state index contributed by atoms with van der Waals surface area (Å²) in [5.41, 5.74) is 14.7. The molecule has 2 radical (unpaired) electrons. The summed E-state index contributed by atoms with van der Waals surface area (Å²) in [6.07, 6.45) is 0. The number of rotatable bonds is 4. The van der Waals surface area contributed by atoms with E-state index in [4.69, 9.17) is 17.0 Å². The summed E-state index contributed by atoms with van der Waals surface area (Å²) in [6, 6.07) is 47.2. The van der Waals surface area contributed by atoms with Gasteiger partial charge in [-0.25, -0.2) is 0 Å². The summed E-state index contributed by atoms with van der Waals surface area (Å²) < 4.78 is 0. The first-order valence-electron chi connectivity index (χ1n) is 18.0. The van der Waals surface area contributed by atoms with Crippen molar-refractivity contribution in [2.75, 3.05) is 0 Å². The third-order valence-corrected chi connectivity index (χ3v) is 9.22. The number of hydrogen-bond donors (Lipinski definition) is 0. The minimum absolute atomic E-state index is 0.204. The van der Waals surface area contributed by atoms with Gasteiger partial charge in [0.15, 0.2) is 0 Å². The predicted molar refractivity (Wildman–Crippen MR) is 232 cm³/mol. The third kappa shape index (κ3) is 11.0. The van der Waals surface area contributed by atoms with E-state index < -0.39 is 20.8 Å². The number of benzene rings is 5. The normalized spacial score (nSPS) is 10.9. The van der Waals surface area contributed by atoms with Gasteiger partial charge in [-0.1, -0.05) is 167 Å². The molecule has 0 aromatic heterocycles. The maximum absolute atomic E-state index is 4.93. The van der Waals surface area contributed by atoms with Crippen molar-refractivity contribution in [2.45, 2.75) is 79.8 Å². The maximum atomic E-state index is 4.93. The average Bonchev–Trinajstić information content (AvgIpc) is 3.73. The second-order valence-corrected chi connectivity index (χ2v) is 19.7. The van der Waals surface area contributed by atoms with E-state index in [1.807, 2.05) is 0 Å². The molecule has 52 heavy (non-hydrogen) atoms. The Labute approximate surface area is 334 Å². The van der Waals surface area contributed by atoms with Crippen LogP contribution in [0.5, 0.6) is 0 Å². The number of fused-ring (bicyclic) bond motifs is 2. The molecule has 0 bridgehead atoms. The van der Waals surface area contributed by atoms with Crippen molar-refractivity contribution >= 4 is 48.1 Å². The predicted octanol–water partition coefficient (Wildman–Crippen LogP) is 15.6. The first-order chi connectivity index (χ1) is 24.8. The van der Waals surface area contributed by atoms with E-state index in [0.717, 1.165) is 9.52 Å². The van der Waals surface area contributed by atoms with Gasteiger partial charge in [-0.05, 0) is 47.4 Å². The van der Waals surface area contributed by atoms with Crippen molar-refractivity contribution in [3.63, 3.8) is 0 Å². The van der Waals surface area contributed by atoms with Crippen LogP contribution in [0.15, 0.2) is 127 Å². The third-order valence-electron chi connectivity index (χ3n) is 9.22. The second kappa shape index (κ2) is 19.4. The molecule has 7 aromatic carbocycles. The molecule has 0 amide bonds. The molecule has 7 aromatic rings. The Morgan fingerprint density at radius 2 is 1.08 bits per heavy atom. The monoisotopic (exact) mass is 816 g/mol. The molecule has 4 heteroatoms. The summed E-state index contributed by atoms with van der Waals surface area (Å²) >= 11 is -0.826. The Morgan fingerprint density at radius 1 is 0.577 bits per heavy atom. The van der Waals surface area contributed by atoms with E-state index in [0.29, 0.717) is 5.92 Å². The Balaban J connectivity index is 0.000000203. The molecule has 0 saturated carbocycles. The Morgan fingerprint density at radius 3 is 1.62 bits per heavy atom. The summed E-state index contributed by atoms with van der Waals surface area (Å²) in [7, 11) is 11.0. The molecule has 0 heterocycles. The van der Waals surface area contributed by atoms with Gasteiger partial charge in [-0.15, -0.1) is 63.0 Å².